The third-order valence-corrected chi connectivity index (χ3v) is 3.77. The maximum absolute atomic E-state index is 12.1. The van der Waals surface area contributed by atoms with Crippen molar-refractivity contribution in [3.8, 4) is 0 Å². The monoisotopic (exact) mass is 392 g/mol. The molecule has 1 amide bonds. The van der Waals surface area contributed by atoms with Crippen LogP contribution in [-0.4, -0.2) is 16.9 Å². The molecule has 0 aromatic heterocycles. The highest BCUT2D eigenvalue weighted by Crippen LogP contribution is 2.22. The number of carbonyl (C=O) groups excluding carboxylic acids is 1. The van der Waals surface area contributed by atoms with Crippen LogP contribution in [0.15, 0.2) is 27.1 Å². The Balaban J connectivity index is 2.77. The van der Waals surface area contributed by atoms with Crippen LogP contribution in [0.25, 0.3) is 0 Å². The van der Waals surface area contributed by atoms with Gasteiger partial charge in [0, 0.05) is 21.4 Å². The van der Waals surface area contributed by atoms with E-state index in [9.17, 15) is 4.79 Å². The average Bonchev–Trinajstić information content (AvgIpc) is 2.27. The Morgan fingerprint density at radius 2 is 2.17 bits per heavy atom. The standard InChI is InChI=1S/C12H14Br2N2OS/c1-2-8(6-11(15)18)16-12(17)9-4-3-7(13)5-10(9)14/h3-5,8H,2,6H2,1H3,(H2,15,18)(H,16,17). The number of thiocarbonyl (C=S) groups is 1. The fourth-order valence-corrected chi connectivity index (χ4v) is 2.91. The lowest BCUT2D eigenvalue weighted by atomic mass is 10.1. The maximum Gasteiger partial charge on any atom is 0.252 e. The lowest BCUT2D eigenvalue weighted by Crippen LogP contribution is -2.37. The van der Waals surface area contributed by atoms with Gasteiger partial charge in [-0.05, 0) is 40.5 Å². The predicted molar refractivity (Wildman–Crippen MR) is 84.8 cm³/mol. The van der Waals surface area contributed by atoms with Crippen molar-refractivity contribution in [2.75, 3.05) is 0 Å². The number of halogens is 2. The average molecular weight is 394 g/mol. The summed E-state index contributed by atoms with van der Waals surface area (Å²) in [5, 5.41) is 2.92. The largest absolute Gasteiger partial charge is 0.393 e. The molecular formula is C12H14Br2N2OS. The minimum Gasteiger partial charge on any atom is -0.393 e. The van der Waals surface area contributed by atoms with Crippen LogP contribution in [0.4, 0.5) is 0 Å². The van der Waals surface area contributed by atoms with Crippen molar-refractivity contribution < 1.29 is 4.79 Å². The fourth-order valence-electron chi connectivity index (χ4n) is 1.48. The van der Waals surface area contributed by atoms with Gasteiger partial charge in [-0.3, -0.25) is 4.79 Å². The smallest absolute Gasteiger partial charge is 0.252 e. The number of carbonyl (C=O) groups is 1. The molecule has 0 aliphatic carbocycles. The first kappa shape index (κ1) is 15.6. The van der Waals surface area contributed by atoms with Gasteiger partial charge < -0.3 is 11.1 Å². The second-order valence-electron chi connectivity index (χ2n) is 3.87. The van der Waals surface area contributed by atoms with Gasteiger partial charge in [-0.2, -0.15) is 0 Å². The van der Waals surface area contributed by atoms with Gasteiger partial charge in [0.25, 0.3) is 5.91 Å². The van der Waals surface area contributed by atoms with Gasteiger partial charge in [-0.1, -0.05) is 35.1 Å². The van der Waals surface area contributed by atoms with Crippen LogP contribution in [0.1, 0.15) is 30.1 Å². The molecule has 1 unspecified atom stereocenters. The number of rotatable bonds is 5. The van der Waals surface area contributed by atoms with E-state index in [1.165, 1.54) is 0 Å². The molecule has 0 saturated carbocycles. The second-order valence-corrected chi connectivity index (χ2v) is 6.17. The van der Waals surface area contributed by atoms with Gasteiger partial charge >= 0.3 is 0 Å². The molecule has 3 nitrogen and oxygen atoms in total. The molecule has 1 atom stereocenters. The SMILES string of the molecule is CCC(CC(N)=S)NC(=O)c1ccc(Br)cc1Br. The molecule has 1 aromatic carbocycles. The zero-order chi connectivity index (χ0) is 13.7. The van der Waals surface area contributed by atoms with Crippen molar-refractivity contribution in [3.63, 3.8) is 0 Å². The van der Waals surface area contributed by atoms with Crippen molar-refractivity contribution in [3.05, 3.63) is 32.7 Å². The molecule has 0 heterocycles. The van der Waals surface area contributed by atoms with E-state index in [0.717, 1.165) is 15.4 Å². The Kier molecular flexibility index (Phi) is 6.25. The summed E-state index contributed by atoms with van der Waals surface area (Å²) in [4.78, 5) is 12.5. The Morgan fingerprint density at radius 3 is 2.67 bits per heavy atom. The first-order valence-corrected chi connectivity index (χ1v) is 7.47. The summed E-state index contributed by atoms with van der Waals surface area (Å²) in [5.74, 6) is -0.127. The molecule has 0 saturated heterocycles. The van der Waals surface area contributed by atoms with Crippen LogP contribution in [-0.2, 0) is 0 Å². The lowest BCUT2D eigenvalue weighted by Gasteiger charge is -2.16. The number of hydrogen-bond donors (Lipinski definition) is 2. The molecule has 18 heavy (non-hydrogen) atoms. The molecule has 0 bridgehead atoms. The number of hydrogen-bond acceptors (Lipinski definition) is 2. The number of nitrogens with one attached hydrogen (secondary N) is 1. The molecule has 6 heteroatoms. The van der Waals surface area contributed by atoms with Gasteiger partial charge in [0.2, 0.25) is 0 Å². The zero-order valence-corrected chi connectivity index (χ0v) is 13.9. The Bertz CT molecular complexity index is 465. The number of benzene rings is 1. The Labute approximate surface area is 129 Å². The van der Waals surface area contributed by atoms with E-state index in [2.05, 4.69) is 37.2 Å². The molecule has 0 aliphatic heterocycles. The predicted octanol–water partition coefficient (Wildman–Crippen LogP) is 3.40. The number of amides is 1. The van der Waals surface area contributed by atoms with Gasteiger partial charge in [-0.15, -0.1) is 0 Å². The third-order valence-electron chi connectivity index (χ3n) is 2.45. The molecule has 3 N–H and O–H groups in total. The van der Waals surface area contributed by atoms with Crippen molar-refractivity contribution in [2.45, 2.75) is 25.8 Å². The molecule has 1 aromatic rings. The van der Waals surface area contributed by atoms with E-state index in [4.69, 9.17) is 18.0 Å². The van der Waals surface area contributed by atoms with E-state index in [-0.39, 0.29) is 11.9 Å². The summed E-state index contributed by atoms with van der Waals surface area (Å²) in [5.41, 5.74) is 6.09. The quantitative estimate of drug-likeness (QED) is 0.753. The minimum absolute atomic E-state index is 0.0226. The summed E-state index contributed by atoms with van der Waals surface area (Å²) in [7, 11) is 0. The molecule has 1 rings (SSSR count). The molecule has 0 aliphatic rings. The minimum atomic E-state index is -0.127. The first-order valence-electron chi connectivity index (χ1n) is 5.48. The van der Waals surface area contributed by atoms with Crippen molar-refractivity contribution in [1.29, 1.82) is 0 Å². The van der Waals surface area contributed by atoms with Crippen LogP contribution in [0.5, 0.6) is 0 Å². The van der Waals surface area contributed by atoms with Crippen LogP contribution in [0, 0.1) is 0 Å². The van der Waals surface area contributed by atoms with Crippen molar-refractivity contribution >= 4 is 55.0 Å². The summed E-state index contributed by atoms with van der Waals surface area (Å²) in [6.45, 7) is 1.99. The first-order chi connectivity index (χ1) is 8.43. The summed E-state index contributed by atoms with van der Waals surface area (Å²) < 4.78 is 1.67. The third kappa shape index (κ3) is 4.66. The van der Waals surface area contributed by atoms with Crippen molar-refractivity contribution in [1.82, 2.24) is 5.32 Å². The van der Waals surface area contributed by atoms with E-state index in [1.807, 2.05) is 19.1 Å². The maximum atomic E-state index is 12.1. The molecule has 0 fully saturated rings. The summed E-state index contributed by atoms with van der Waals surface area (Å²) in [6, 6.07) is 5.40. The van der Waals surface area contributed by atoms with Gasteiger partial charge in [-0.25, -0.2) is 0 Å². The summed E-state index contributed by atoms with van der Waals surface area (Å²) in [6.07, 6.45) is 1.31. The van der Waals surface area contributed by atoms with Crippen LogP contribution in [0.3, 0.4) is 0 Å². The normalized spacial score (nSPS) is 11.9. The van der Waals surface area contributed by atoms with Crippen LogP contribution in [0.2, 0.25) is 0 Å². The van der Waals surface area contributed by atoms with E-state index in [1.54, 1.807) is 6.07 Å². The lowest BCUT2D eigenvalue weighted by molar-refractivity contribution is 0.0936. The topological polar surface area (TPSA) is 55.1 Å². The molecule has 0 radical (unpaired) electrons. The van der Waals surface area contributed by atoms with E-state index in [0.29, 0.717) is 17.0 Å². The molecular weight excluding hydrogens is 380 g/mol. The second kappa shape index (κ2) is 7.21. The van der Waals surface area contributed by atoms with Gasteiger partial charge in [0.05, 0.1) is 10.6 Å². The Morgan fingerprint density at radius 1 is 1.50 bits per heavy atom. The van der Waals surface area contributed by atoms with Gasteiger partial charge in [0.1, 0.15) is 0 Å². The van der Waals surface area contributed by atoms with E-state index < -0.39 is 0 Å². The number of nitrogens with two attached hydrogens (primary N) is 1. The highest BCUT2D eigenvalue weighted by Gasteiger charge is 2.15. The van der Waals surface area contributed by atoms with Gasteiger partial charge in [0.15, 0.2) is 0 Å². The van der Waals surface area contributed by atoms with Crippen LogP contribution < -0.4 is 11.1 Å². The highest BCUT2D eigenvalue weighted by atomic mass is 79.9. The highest BCUT2D eigenvalue weighted by molar-refractivity contribution is 9.11. The molecule has 0 spiro atoms. The van der Waals surface area contributed by atoms with E-state index >= 15 is 0 Å². The van der Waals surface area contributed by atoms with Crippen LogP contribution >= 0.6 is 44.1 Å². The zero-order valence-electron chi connectivity index (χ0n) is 9.87. The fraction of sp³-hybridized carbons (Fsp3) is 0.333. The Hall–Kier alpha value is -0.460. The molecule has 98 valence electrons. The van der Waals surface area contributed by atoms with Crippen molar-refractivity contribution in [2.24, 2.45) is 5.73 Å². The summed E-state index contributed by atoms with van der Waals surface area (Å²) >= 11 is 11.6.